The van der Waals surface area contributed by atoms with Gasteiger partial charge in [-0.3, -0.25) is 14.5 Å². The average molecular weight is 444 g/mol. The third kappa shape index (κ3) is 4.62. The molecule has 4 rings (SSSR count). The van der Waals surface area contributed by atoms with Crippen molar-refractivity contribution in [1.82, 2.24) is 20.2 Å². The van der Waals surface area contributed by atoms with E-state index >= 15 is 0 Å². The number of aromatic nitrogens is 2. The summed E-state index contributed by atoms with van der Waals surface area (Å²) >= 11 is 6.38. The minimum atomic E-state index is -0.235. The lowest BCUT2D eigenvalue weighted by molar-refractivity contribution is 0.0958. The number of hydrogen-bond donors (Lipinski definition) is 2. The normalized spacial score (nSPS) is 20.2. The number of nitrogens with zero attached hydrogens (tertiary/aromatic N) is 3. The number of H-pyrrole nitrogens is 1. The molecular formula is C23H30ClN5O2. The highest BCUT2D eigenvalue weighted by atomic mass is 35.5. The lowest BCUT2D eigenvalue weighted by atomic mass is 10.0. The van der Waals surface area contributed by atoms with E-state index in [1.165, 1.54) is 0 Å². The third-order valence-corrected chi connectivity index (χ3v) is 6.94. The molecule has 31 heavy (non-hydrogen) atoms. The Kier molecular flexibility index (Phi) is 6.62. The molecule has 1 atom stereocenters. The number of likely N-dealkylation sites (tertiary alicyclic amines) is 1. The van der Waals surface area contributed by atoms with Crippen LogP contribution in [0.25, 0.3) is 0 Å². The molecule has 1 amide bonds. The van der Waals surface area contributed by atoms with Gasteiger partial charge in [-0.15, -0.1) is 0 Å². The first-order valence-corrected chi connectivity index (χ1v) is 11.5. The van der Waals surface area contributed by atoms with Crippen molar-refractivity contribution in [1.29, 1.82) is 0 Å². The second kappa shape index (κ2) is 9.40. The summed E-state index contributed by atoms with van der Waals surface area (Å²) in [7, 11) is 1.58. The molecule has 2 aromatic heterocycles. The van der Waals surface area contributed by atoms with E-state index < -0.39 is 0 Å². The molecule has 7 nitrogen and oxygen atoms in total. The molecule has 8 heteroatoms. The first kappa shape index (κ1) is 21.8. The quantitative estimate of drug-likeness (QED) is 0.694. The molecule has 2 aliphatic rings. The fourth-order valence-electron chi connectivity index (χ4n) is 4.80. The first-order chi connectivity index (χ1) is 15.0. The maximum Gasteiger partial charge on any atom is 0.269 e. The van der Waals surface area contributed by atoms with Gasteiger partial charge in [-0.25, -0.2) is 4.98 Å². The Balaban J connectivity index is 1.35. The van der Waals surface area contributed by atoms with Crippen LogP contribution in [0.5, 0.6) is 0 Å². The summed E-state index contributed by atoms with van der Waals surface area (Å²) in [6, 6.07) is 8.22. The van der Waals surface area contributed by atoms with Gasteiger partial charge >= 0.3 is 0 Å². The van der Waals surface area contributed by atoms with Crippen molar-refractivity contribution in [3.8, 4) is 0 Å². The number of rotatable bonds is 5. The third-order valence-electron chi connectivity index (χ3n) is 6.66. The maximum atomic E-state index is 12.2. The van der Waals surface area contributed by atoms with Gasteiger partial charge in [-0.1, -0.05) is 24.6 Å². The number of carbonyl (C=O) groups is 1. The molecular weight excluding hydrogens is 414 g/mol. The summed E-state index contributed by atoms with van der Waals surface area (Å²) in [5.41, 5.74) is 3.19. The van der Waals surface area contributed by atoms with Gasteiger partial charge in [-0.2, -0.15) is 0 Å². The van der Waals surface area contributed by atoms with Crippen LogP contribution in [-0.2, 0) is 6.42 Å². The molecule has 0 saturated carbocycles. The molecule has 2 N–H and O–H groups in total. The monoisotopic (exact) mass is 443 g/mol. The lowest BCUT2D eigenvalue weighted by Crippen LogP contribution is -2.44. The van der Waals surface area contributed by atoms with Crippen molar-refractivity contribution in [2.75, 3.05) is 38.1 Å². The number of carbonyl (C=O) groups excluding carboxylic acids is 1. The number of halogens is 1. The minimum Gasteiger partial charge on any atom is -0.369 e. The Morgan fingerprint density at radius 2 is 1.97 bits per heavy atom. The highest BCUT2D eigenvalue weighted by Crippen LogP contribution is 2.32. The molecule has 0 radical (unpaired) electrons. The van der Waals surface area contributed by atoms with Gasteiger partial charge < -0.3 is 15.2 Å². The van der Waals surface area contributed by atoms with Gasteiger partial charge in [0.15, 0.2) is 5.15 Å². The summed E-state index contributed by atoms with van der Waals surface area (Å²) in [4.78, 5) is 36.1. The predicted molar refractivity (Wildman–Crippen MR) is 123 cm³/mol. The van der Waals surface area contributed by atoms with Crippen LogP contribution in [0.15, 0.2) is 29.1 Å². The van der Waals surface area contributed by atoms with Crippen LogP contribution in [0, 0.1) is 0 Å². The van der Waals surface area contributed by atoms with Gasteiger partial charge in [0.25, 0.3) is 11.5 Å². The Hall–Kier alpha value is -2.38. The lowest BCUT2D eigenvalue weighted by Gasteiger charge is -2.38. The molecule has 0 aromatic carbocycles. The van der Waals surface area contributed by atoms with E-state index in [0.717, 1.165) is 68.8 Å². The SMILES string of the molecule is CCc1ccc(C2CCN(C3CCN(c4ccc(C(=O)NC)nc4Cl)CC3)C2)[nH]c1=O. The standard InChI is InChI=1S/C23H30ClN5O2/c1-3-15-4-5-18(27-22(15)30)16-8-11-29(14-16)17-9-12-28(13-10-17)20-7-6-19(23(31)25-2)26-21(20)24/h4-7,16-17H,3,8-14H2,1-2H3,(H,25,31)(H,27,30). The molecule has 0 aliphatic carbocycles. The van der Waals surface area contributed by atoms with Crippen LogP contribution in [0.1, 0.15) is 53.8 Å². The first-order valence-electron chi connectivity index (χ1n) is 11.1. The summed E-state index contributed by atoms with van der Waals surface area (Å²) in [5.74, 6) is 0.161. The van der Waals surface area contributed by atoms with Crippen LogP contribution in [0.2, 0.25) is 5.15 Å². The number of anilines is 1. The summed E-state index contributed by atoms with van der Waals surface area (Å²) < 4.78 is 0. The second-order valence-electron chi connectivity index (χ2n) is 8.41. The average Bonchev–Trinajstić information content (AvgIpc) is 3.29. The molecule has 2 aliphatic heterocycles. The van der Waals surface area contributed by atoms with Gasteiger partial charge in [0.1, 0.15) is 5.69 Å². The number of aromatic amines is 1. The molecule has 0 spiro atoms. The van der Waals surface area contributed by atoms with Crippen molar-refractivity contribution in [3.05, 3.63) is 56.7 Å². The van der Waals surface area contributed by atoms with Crippen LogP contribution >= 0.6 is 11.6 Å². The van der Waals surface area contributed by atoms with E-state index in [-0.39, 0.29) is 11.5 Å². The number of aryl methyl sites for hydroxylation is 1. The molecule has 166 valence electrons. The number of piperidine rings is 1. The fourth-order valence-corrected chi connectivity index (χ4v) is 5.07. The van der Waals surface area contributed by atoms with Crippen molar-refractivity contribution < 1.29 is 4.79 Å². The topological polar surface area (TPSA) is 81.3 Å². The Bertz CT molecular complexity index is 1000. The summed E-state index contributed by atoms with van der Waals surface area (Å²) in [6.45, 7) is 5.89. The van der Waals surface area contributed by atoms with Gasteiger partial charge in [-0.05, 0) is 50.4 Å². The number of nitrogens with one attached hydrogen (secondary N) is 2. The highest BCUT2D eigenvalue weighted by molar-refractivity contribution is 6.32. The van der Waals surface area contributed by atoms with Gasteiger partial charge in [0.2, 0.25) is 0 Å². The van der Waals surface area contributed by atoms with E-state index in [1.807, 2.05) is 19.1 Å². The zero-order chi connectivity index (χ0) is 22.0. The number of amides is 1. The molecule has 2 aromatic rings. The van der Waals surface area contributed by atoms with E-state index in [9.17, 15) is 9.59 Å². The van der Waals surface area contributed by atoms with Gasteiger partial charge in [0, 0.05) is 49.9 Å². The number of hydrogen-bond acceptors (Lipinski definition) is 5. The molecule has 2 fully saturated rings. The van der Waals surface area contributed by atoms with E-state index in [4.69, 9.17) is 11.6 Å². The largest absolute Gasteiger partial charge is 0.369 e. The van der Waals surface area contributed by atoms with E-state index in [2.05, 4.69) is 31.2 Å². The molecule has 2 saturated heterocycles. The smallest absolute Gasteiger partial charge is 0.269 e. The molecule has 4 heterocycles. The fraction of sp³-hybridized carbons (Fsp3) is 0.522. The maximum absolute atomic E-state index is 12.2. The number of pyridine rings is 2. The minimum absolute atomic E-state index is 0.0553. The van der Waals surface area contributed by atoms with Crippen LogP contribution in [0.4, 0.5) is 5.69 Å². The predicted octanol–water partition coefficient (Wildman–Crippen LogP) is 2.80. The molecule has 0 bridgehead atoms. The zero-order valence-corrected chi connectivity index (χ0v) is 18.9. The zero-order valence-electron chi connectivity index (χ0n) is 18.2. The summed E-state index contributed by atoms with van der Waals surface area (Å²) in [5, 5.41) is 2.95. The van der Waals surface area contributed by atoms with Crippen molar-refractivity contribution in [3.63, 3.8) is 0 Å². The van der Waals surface area contributed by atoms with Crippen molar-refractivity contribution in [2.45, 2.75) is 44.6 Å². The van der Waals surface area contributed by atoms with Crippen LogP contribution in [-0.4, -0.2) is 60.0 Å². The van der Waals surface area contributed by atoms with Crippen molar-refractivity contribution >= 4 is 23.2 Å². The van der Waals surface area contributed by atoms with E-state index in [0.29, 0.717) is 22.8 Å². The van der Waals surface area contributed by atoms with Crippen LogP contribution in [0.3, 0.4) is 0 Å². The Morgan fingerprint density at radius 3 is 2.61 bits per heavy atom. The van der Waals surface area contributed by atoms with E-state index in [1.54, 1.807) is 13.1 Å². The summed E-state index contributed by atoms with van der Waals surface area (Å²) in [6.07, 6.45) is 3.97. The highest BCUT2D eigenvalue weighted by Gasteiger charge is 2.32. The second-order valence-corrected chi connectivity index (χ2v) is 8.76. The Labute approximate surface area is 187 Å². The molecule has 1 unspecified atom stereocenters. The Morgan fingerprint density at radius 1 is 1.19 bits per heavy atom. The van der Waals surface area contributed by atoms with Crippen LogP contribution < -0.4 is 15.8 Å². The van der Waals surface area contributed by atoms with Crippen molar-refractivity contribution in [2.24, 2.45) is 0 Å². The van der Waals surface area contributed by atoms with Gasteiger partial charge in [0.05, 0.1) is 5.69 Å².